The topological polar surface area (TPSA) is 110 Å². The molecule has 0 spiro atoms. The molecular weight excluding hydrogens is 616 g/mol. The van der Waals surface area contributed by atoms with E-state index in [9.17, 15) is 14.4 Å². The van der Waals surface area contributed by atoms with E-state index in [2.05, 4.69) is 20.8 Å². The number of aliphatic hydroxyl groups is 1. The molecule has 0 aromatic rings. The summed E-state index contributed by atoms with van der Waals surface area (Å²) in [5, 5.41) is 17.6. The molecule has 3 atom stereocenters. The van der Waals surface area contributed by atoms with Gasteiger partial charge in [0, 0.05) is 25.9 Å². The van der Waals surface area contributed by atoms with Gasteiger partial charge in [0.25, 0.3) is 0 Å². The number of ether oxygens (including phenoxy) is 2. The lowest BCUT2D eigenvalue weighted by Crippen LogP contribution is -2.07. The summed E-state index contributed by atoms with van der Waals surface area (Å²) in [6.07, 6.45) is 31.9. The molecular formula is C42H80O7. The molecule has 1 unspecified atom stereocenters. The van der Waals surface area contributed by atoms with Crippen LogP contribution in [0.4, 0.5) is 0 Å². The number of esters is 2. The maximum atomic E-state index is 12.0. The Morgan fingerprint density at radius 2 is 0.694 bits per heavy atom. The second-order valence-corrected chi connectivity index (χ2v) is 15.3. The van der Waals surface area contributed by atoms with Crippen molar-refractivity contribution in [2.75, 3.05) is 19.8 Å². The third-order valence-corrected chi connectivity index (χ3v) is 10.1. The van der Waals surface area contributed by atoms with Crippen LogP contribution >= 0.6 is 0 Å². The SMILES string of the molecule is CC(CCCCCCCCC(=O)OCCC[C@@H](C)CCCCCCCCC(=O)O)CCCOC(=O)CCCCCCCC[C@H](C)CCCO. The van der Waals surface area contributed by atoms with E-state index in [1.807, 2.05) is 0 Å². The number of carboxylic acids is 1. The molecule has 0 rings (SSSR count). The van der Waals surface area contributed by atoms with E-state index in [4.69, 9.17) is 19.7 Å². The maximum absolute atomic E-state index is 12.0. The predicted octanol–water partition coefficient (Wildman–Crippen LogP) is 11.8. The van der Waals surface area contributed by atoms with Crippen LogP contribution in [0.3, 0.4) is 0 Å². The van der Waals surface area contributed by atoms with Gasteiger partial charge in [-0.2, -0.15) is 0 Å². The number of carbonyl (C=O) groups excluding carboxylic acids is 2. The highest BCUT2D eigenvalue weighted by atomic mass is 16.5. The van der Waals surface area contributed by atoms with Crippen molar-refractivity contribution in [1.29, 1.82) is 0 Å². The number of hydrogen-bond donors (Lipinski definition) is 2. The number of aliphatic hydroxyl groups excluding tert-OH is 1. The van der Waals surface area contributed by atoms with Gasteiger partial charge in [-0.3, -0.25) is 14.4 Å². The molecule has 290 valence electrons. The van der Waals surface area contributed by atoms with Crippen LogP contribution < -0.4 is 0 Å². The summed E-state index contributed by atoms with van der Waals surface area (Å²) in [6.45, 7) is 8.28. The third-order valence-electron chi connectivity index (χ3n) is 10.1. The smallest absolute Gasteiger partial charge is 0.305 e. The van der Waals surface area contributed by atoms with Crippen LogP contribution in [0.25, 0.3) is 0 Å². The van der Waals surface area contributed by atoms with E-state index in [1.54, 1.807) is 0 Å². The van der Waals surface area contributed by atoms with Crippen LogP contribution in [-0.4, -0.2) is 47.9 Å². The fraction of sp³-hybridized carbons (Fsp3) is 0.929. The zero-order valence-corrected chi connectivity index (χ0v) is 32.5. The minimum Gasteiger partial charge on any atom is -0.481 e. The van der Waals surface area contributed by atoms with Crippen LogP contribution in [0.5, 0.6) is 0 Å². The zero-order chi connectivity index (χ0) is 36.2. The van der Waals surface area contributed by atoms with Crippen molar-refractivity contribution in [3.8, 4) is 0 Å². The summed E-state index contributed by atoms with van der Waals surface area (Å²) in [6, 6.07) is 0. The van der Waals surface area contributed by atoms with Gasteiger partial charge in [-0.1, -0.05) is 136 Å². The van der Waals surface area contributed by atoms with Gasteiger partial charge in [0.2, 0.25) is 0 Å². The minimum atomic E-state index is -0.691. The van der Waals surface area contributed by atoms with E-state index in [0.29, 0.717) is 50.9 Å². The minimum absolute atomic E-state index is 0.0357. The summed E-state index contributed by atoms with van der Waals surface area (Å²) in [7, 11) is 0. The lowest BCUT2D eigenvalue weighted by molar-refractivity contribution is -0.144. The Morgan fingerprint density at radius 3 is 1.04 bits per heavy atom. The van der Waals surface area contributed by atoms with E-state index in [0.717, 1.165) is 89.4 Å². The molecule has 0 aliphatic carbocycles. The highest BCUT2D eigenvalue weighted by Gasteiger charge is 2.08. The molecule has 0 bridgehead atoms. The Hall–Kier alpha value is -1.63. The Balaban J connectivity index is 3.43. The van der Waals surface area contributed by atoms with Crippen molar-refractivity contribution in [3.05, 3.63) is 0 Å². The van der Waals surface area contributed by atoms with E-state index < -0.39 is 5.97 Å². The average Bonchev–Trinajstić information content (AvgIpc) is 3.07. The van der Waals surface area contributed by atoms with Gasteiger partial charge in [-0.05, 0) is 75.5 Å². The third kappa shape index (κ3) is 37.5. The van der Waals surface area contributed by atoms with Gasteiger partial charge in [-0.15, -0.1) is 0 Å². The second-order valence-electron chi connectivity index (χ2n) is 15.3. The van der Waals surface area contributed by atoms with E-state index >= 15 is 0 Å². The molecule has 0 aromatic carbocycles. The largest absolute Gasteiger partial charge is 0.481 e. The summed E-state index contributed by atoms with van der Waals surface area (Å²) in [4.78, 5) is 34.6. The summed E-state index contributed by atoms with van der Waals surface area (Å²) in [5.41, 5.74) is 0. The van der Waals surface area contributed by atoms with Crippen molar-refractivity contribution in [1.82, 2.24) is 0 Å². The summed E-state index contributed by atoms with van der Waals surface area (Å²) in [5.74, 6) is 1.27. The molecule has 0 saturated heterocycles. The fourth-order valence-electron chi connectivity index (χ4n) is 6.67. The number of rotatable bonds is 38. The number of carbonyl (C=O) groups is 3. The van der Waals surface area contributed by atoms with Gasteiger partial charge in [-0.25, -0.2) is 0 Å². The molecule has 7 nitrogen and oxygen atoms in total. The first-order valence-corrected chi connectivity index (χ1v) is 20.9. The number of hydrogen-bond acceptors (Lipinski definition) is 6. The van der Waals surface area contributed by atoms with Gasteiger partial charge >= 0.3 is 17.9 Å². The van der Waals surface area contributed by atoms with Crippen molar-refractivity contribution in [3.63, 3.8) is 0 Å². The highest BCUT2D eigenvalue weighted by Crippen LogP contribution is 2.19. The molecule has 0 fully saturated rings. The maximum Gasteiger partial charge on any atom is 0.305 e. The van der Waals surface area contributed by atoms with Crippen molar-refractivity contribution in [2.24, 2.45) is 17.8 Å². The molecule has 2 N–H and O–H groups in total. The Bertz CT molecular complexity index is 755. The average molecular weight is 697 g/mol. The molecule has 0 amide bonds. The first kappa shape index (κ1) is 47.4. The van der Waals surface area contributed by atoms with Crippen LogP contribution in [0.15, 0.2) is 0 Å². The van der Waals surface area contributed by atoms with Gasteiger partial charge in [0.1, 0.15) is 0 Å². The lowest BCUT2D eigenvalue weighted by Gasteiger charge is -2.12. The van der Waals surface area contributed by atoms with Gasteiger partial charge < -0.3 is 19.7 Å². The van der Waals surface area contributed by atoms with Crippen molar-refractivity contribution < 1.29 is 34.1 Å². The van der Waals surface area contributed by atoms with E-state index in [-0.39, 0.29) is 11.9 Å². The molecule has 0 saturated carbocycles. The first-order chi connectivity index (χ1) is 23.7. The monoisotopic (exact) mass is 697 g/mol. The first-order valence-electron chi connectivity index (χ1n) is 20.9. The quantitative estimate of drug-likeness (QED) is 0.0488. The summed E-state index contributed by atoms with van der Waals surface area (Å²) < 4.78 is 10.9. The Labute approximate surface area is 302 Å². The van der Waals surface area contributed by atoms with Crippen LogP contribution in [0.2, 0.25) is 0 Å². The van der Waals surface area contributed by atoms with E-state index in [1.165, 1.54) is 89.9 Å². The van der Waals surface area contributed by atoms with Crippen LogP contribution in [0, 0.1) is 17.8 Å². The molecule has 0 aromatic heterocycles. The fourth-order valence-corrected chi connectivity index (χ4v) is 6.67. The molecule has 0 aliphatic rings. The predicted molar refractivity (Wildman–Crippen MR) is 203 cm³/mol. The Kier molecular flexibility index (Phi) is 35.0. The molecule has 0 radical (unpaired) electrons. The second kappa shape index (κ2) is 36.2. The van der Waals surface area contributed by atoms with Crippen molar-refractivity contribution >= 4 is 17.9 Å². The zero-order valence-electron chi connectivity index (χ0n) is 32.5. The van der Waals surface area contributed by atoms with Gasteiger partial charge in [0.15, 0.2) is 0 Å². The lowest BCUT2D eigenvalue weighted by atomic mass is 9.97. The number of aliphatic carboxylic acids is 1. The molecule has 0 aliphatic heterocycles. The highest BCUT2D eigenvalue weighted by molar-refractivity contribution is 5.69. The van der Waals surface area contributed by atoms with Gasteiger partial charge in [0.05, 0.1) is 13.2 Å². The standard InChI is InChI=1S/C42H80O7/c1-37(28-22-34-43)25-16-11-5-8-14-20-32-41(46)49-36-24-30-39(3)27-18-12-6-9-15-21-33-42(47)48-35-23-29-38(2)26-17-10-4-7-13-19-31-40(44)45/h37-39,43H,4-36H2,1-3H3,(H,44,45)/t37-,38-,39?/m0/s1. The van der Waals surface area contributed by atoms with Crippen LogP contribution in [0.1, 0.15) is 213 Å². The van der Waals surface area contributed by atoms with Crippen LogP contribution in [-0.2, 0) is 23.9 Å². The number of unbranched alkanes of at least 4 members (excludes halogenated alkanes) is 15. The normalized spacial score (nSPS) is 13.2. The summed E-state index contributed by atoms with van der Waals surface area (Å²) >= 11 is 0. The molecule has 49 heavy (non-hydrogen) atoms. The Morgan fingerprint density at radius 1 is 0.408 bits per heavy atom. The number of carboxylic acid groups (broad SMARTS) is 1. The molecule has 7 heteroatoms. The van der Waals surface area contributed by atoms with Crippen molar-refractivity contribution in [2.45, 2.75) is 213 Å². The molecule has 0 heterocycles.